The number of benzene rings is 2. The highest BCUT2D eigenvalue weighted by Crippen LogP contribution is 2.36. The van der Waals surface area contributed by atoms with Crippen LogP contribution in [0, 0.1) is 25.5 Å². The first-order valence-corrected chi connectivity index (χ1v) is 22.9. The van der Waals surface area contributed by atoms with Crippen LogP contribution >= 0.6 is 11.6 Å². The molecule has 0 bridgehead atoms. The van der Waals surface area contributed by atoms with E-state index in [2.05, 4.69) is 45.9 Å². The second-order valence-electron chi connectivity index (χ2n) is 16.2. The molecule has 0 radical (unpaired) electrons. The van der Waals surface area contributed by atoms with Crippen LogP contribution in [0.4, 0.5) is 49.6 Å². The molecule has 18 nitrogen and oxygen atoms in total. The van der Waals surface area contributed by atoms with Gasteiger partial charge in [0.25, 0.3) is 0 Å². The Morgan fingerprint density at radius 1 is 0.606 bits per heavy atom. The van der Waals surface area contributed by atoms with Gasteiger partial charge in [-0.15, -0.1) is 0 Å². The van der Waals surface area contributed by atoms with Gasteiger partial charge in [0.1, 0.15) is 34.9 Å². The van der Waals surface area contributed by atoms with Gasteiger partial charge >= 0.3 is 0 Å². The number of nitrogens with one attached hydrogen (secondary N) is 3. The molecule has 2 aliphatic heterocycles. The zero-order valence-electron chi connectivity index (χ0n) is 39.2. The van der Waals surface area contributed by atoms with Crippen LogP contribution in [0.5, 0.6) is 0 Å². The molecule has 5 N–H and O–H groups in total. The van der Waals surface area contributed by atoms with Crippen LogP contribution in [-0.2, 0) is 19.1 Å². The molecule has 364 valence electrons. The van der Waals surface area contributed by atoms with Crippen LogP contribution in [-0.4, -0.2) is 104 Å². The van der Waals surface area contributed by atoms with Crippen LogP contribution in [0.1, 0.15) is 25.0 Å². The fourth-order valence-corrected chi connectivity index (χ4v) is 7.92. The lowest BCUT2D eigenvalue weighted by Gasteiger charge is -2.27. The van der Waals surface area contributed by atoms with Crippen molar-refractivity contribution in [2.75, 3.05) is 84.1 Å². The minimum Gasteiger partial charge on any atom is -0.383 e. The van der Waals surface area contributed by atoms with Crippen molar-refractivity contribution in [3.63, 3.8) is 0 Å². The minimum absolute atomic E-state index is 0.184. The van der Waals surface area contributed by atoms with E-state index >= 15 is 0 Å². The van der Waals surface area contributed by atoms with Gasteiger partial charge in [-0.2, -0.15) is 19.9 Å². The standard InChI is InChI=1S/C25H24FN7O2.C15H10ClFN2.C10H15N5O2/c1-15-23(18-7-6-17(26)13-20(18)29-24(15)19-5-3-4-8-27-19)30-22-14-21(28-16(2)34)31-25(32-22)33-9-11-35-12-10-33;1-9-14(16)11-6-5-10(17)8-13(11)19-15(9)12-4-2-3-7-18-12;1-7(16)12-9-6-8(11)13-10(14-9)15-2-4-17-5-3-15/h3-8,13-14H,9-12H2,1-2H3,(H2,28,29,30,31,32,34);2-8H,1H3;6H,2-5H2,1H3,(H3,11,12,13,14,16). The zero-order valence-corrected chi connectivity index (χ0v) is 40.0. The number of pyridine rings is 4. The number of fused-ring (bicyclic) bond motifs is 2. The van der Waals surface area contributed by atoms with E-state index < -0.39 is 0 Å². The Hall–Kier alpha value is -8.07. The number of halogens is 3. The quantitative estimate of drug-likeness (QED) is 0.112. The van der Waals surface area contributed by atoms with Gasteiger partial charge in [0, 0.05) is 93.0 Å². The van der Waals surface area contributed by atoms with Gasteiger partial charge in [-0.25, -0.2) is 18.7 Å². The molecule has 2 aromatic carbocycles. The summed E-state index contributed by atoms with van der Waals surface area (Å²) in [5.74, 6) is 1.50. The number of carbonyl (C=O) groups excluding carboxylic acids is 2. The number of ether oxygens (including phenoxy) is 2. The largest absolute Gasteiger partial charge is 0.383 e. The summed E-state index contributed by atoms with van der Waals surface area (Å²) in [5.41, 5.74) is 11.8. The Morgan fingerprint density at radius 2 is 1.08 bits per heavy atom. The normalized spacial score (nSPS) is 13.4. The third-order valence-electron chi connectivity index (χ3n) is 11.0. The molecule has 2 aliphatic rings. The van der Waals surface area contributed by atoms with Gasteiger partial charge in [-0.3, -0.25) is 19.6 Å². The second-order valence-corrected chi connectivity index (χ2v) is 16.6. The highest BCUT2D eigenvalue weighted by molar-refractivity contribution is 6.36. The molecule has 8 aromatic rings. The maximum Gasteiger partial charge on any atom is 0.229 e. The smallest absolute Gasteiger partial charge is 0.229 e. The summed E-state index contributed by atoms with van der Waals surface area (Å²) in [7, 11) is 0. The molecule has 0 saturated carbocycles. The molecule has 8 heterocycles. The Labute approximate surface area is 412 Å². The molecule has 2 amide bonds. The summed E-state index contributed by atoms with van der Waals surface area (Å²) in [6.07, 6.45) is 3.39. The lowest BCUT2D eigenvalue weighted by atomic mass is 10.0. The van der Waals surface area contributed by atoms with E-state index in [1.54, 1.807) is 30.6 Å². The van der Waals surface area contributed by atoms with Gasteiger partial charge < -0.3 is 41.0 Å². The first-order chi connectivity index (χ1) is 34.3. The first kappa shape index (κ1) is 49.4. The van der Waals surface area contributed by atoms with Crippen molar-refractivity contribution < 1.29 is 27.8 Å². The summed E-state index contributed by atoms with van der Waals surface area (Å²) < 4.78 is 38.1. The highest BCUT2D eigenvalue weighted by atomic mass is 35.5. The predicted octanol–water partition coefficient (Wildman–Crippen LogP) is 8.32. The number of nitrogens with zero attached hydrogens (tertiary/aromatic N) is 10. The number of nitrogen functional groups attached to an aromatic ring is 1. The number of anilines is 7. The second kappa shape index (κ2) is 22.6. The molecule has 0 unspecified atom stereocenters. The Balaban J connectivity index is 0.000000158. The van der Waals surface area contributed by atoms with Crippen molar-refractivity contribution >= 4 is 86.1 Å². The van der Waals surface area contributed by atoms with Crippen molar-refractivity contribution in [3.05, 3.63) is 125 Å². The lowest BCUT2D eigenvalue weighted by Crippen LogP contribution is -2.37. The van der Waals surface area contributed by atoms with Crippen LogP contribution in [0.2, 0.25) is 5.02 Å². The van der Waals surface area contributed by atoms with E-state index in [9.17, 15) is 18.4 Å². The molecule has 2 fully saturated rings. The third-order valence-corrected chi connectivity index (χ3v) is 11.5. The third kappa shape index (κ3) is 12.4. The SMILES string of the molecule is CC(=O)Nc1cc(N)nc(N2CCOCC2)n1.CC(=O)Nc1cc(Nc2c(C)c(-c3ccccn3)nc3cc(F)ccc23)nc(N2CCOCC2)n1.Cc1c(-c2ccccn2)nc2cc(F)ccc2c1Cl. The fourth-order valence-electron chi connectivity index (χ4n) is 7.67. The molecule has 0 aliphatic carbocycles. The molecule has 21 heteroatoms. The Bertz CT molecular complexity index is 3200. The molecule has 6 aromatic heterocycles. The molecule has 2 saturated heterocycles. The van der Waals surface area contributed by atoms with E-state index in [0.717, 1.165) is 46.4 Å². The number of hydrogen-bond donors (Lipinski definition) is 4. The average molecular weight is 983 g/mol. The maximum absolute atomic E-state index is 14.1. The van der Waals surface area contributed by atoms with Crippen LogP contribution in [0.25, 0.3) is 44.6 Å². The molecular weight excluding hydrogens is 934 g/mol. The Kier molecular flexibility index (Phi) is 15.7. The summed E-state index contributed by atoms with van der Waals surface area (Å²) in [4.78, 5) is 62.2. The number of amides is 2. The average Bonchev–Trinajstić information content (AvgIpc) is 3.36. The van der Waals surface area contributed by atoms with Gasteiger partial charge in [0.15, 0.2) is 0 Å². The van der Waals surface area contributed by atoms with Gasteiger partial charge in [-0.05, 0) is 67.9 Å². The van der Waals surface area contributed by atoms with Gasteiger partial charge in [0.2, 0.25) is 23.7 Å². The van der Waals surface area contributed by atoms with Crippen molar-refractivity contribution in [2.45, 2.75) is 27.7 Å². The van der Waals surface area contributed by atoms with Crippen molar-refractivity contribution in [1.29, 1.82) is 0 Å². The Morgan fingerprint density at radius 3 is 1.61 bits per heavy atom. The van der Waals surface area contributed by atoms with Crippen molar-refractivity contribution in [1.82, 2.24) is 39.9 Å². The molecular formula is C50H49ClF2N14O4. The number of aromatic nitrogens is 8. The molecule has 10 rings (SSSR count). The lowest BCUT2D eigenvalue weighted by molar-refractivity contribution is -0.115. The highest BCUT2D eigenvalue weighted by Gasteiger charge is 2.20. The van der Waals surface area contributed by atoms with E-state index in [0.29, 0.717) is 108 Å². The topological polar surface area (TPSA) is 224 Å². The number of hydrogen-bond acceptors (Lipinski definition) is 16. The summed E-state index contributed by atoms with van der Waals surface area (Å²) in [5, 5.41) is 10.8. The minimum atomic E-state index is -0.378. The number of nitrogens with two attached hydrogens (primary N) is 1. The van der Waals surface area contributed by atoms with Crippen molar-refractivity contribution in [2.24, 2.45) is 0 Å². The maximum atomic E-state index is 14.1. The number of morpholine rings is 2. The summed E-state index contributed by atoms with van der Waals surface area (Å²) >= 11 is 6.34. The monoisotopic (exact) mass is 982 g/mol. The molecule has 0 spiro atoms. The van der Waals surface area contributed by atoms with E-state index in [1.165, 1.54) is 44.2 Å². The van der Waals surface area contributed by atoms with Gasteiger partial charge in [-0.1, -0.05) is 23.7 Å². The van der Waals surface area contributed by atoms with Crippen LogP contribution in [0.15, 0.2) is 97.3 Å². The first-order valence-electron chi connectivity index (χ1n) is 22.5. The molecule has 71 heavy (non-hydrogen) atoms. The van der Waals surface area contributed by atoms with E-state index in [1.807, 2.05) is 60.0 Å². The number of carbonyl (C=O) groups is 2. The molecule has 0 atom stereocenters. The van der Waals surface area contributed by atoms with Crippen LogP contribution < -0.4 is 31.5 Å². The number of rotatable bonds is 8. The fraction of sp³-hybridized carbons (Fsp3) is 0.240. The predicted molar refractivity (Wildman–Crippen MR) is 271 cm³/mol. The van der Waals surface area contributed by atoms with E-state index in [-0.39, 0.29) is 23.4 Å². The van der Waals surface area contributed by atoms with Crippen LogP contribution in [0.3, 0.4) is 0 Å². The van der Waals surface area contributed by atoms with Gasteiger partial charge in [0.05, 0.1) is 70.9 Å². The summed E-state index contributed by atoms with van der Waals surface area (Å²) in [6.45, 7) is 11.8. The summed E-state index contributed by atoms with van der Waals surface area (Å²) in [6, 6.07) is 23.2. The van der Waals surface area contributed by atoms with E-state index in [4.69, 9.17) is 36.8 Å². The zero-order chi connectivity index (χ0) is 50.0. The van der Waals surface area contributed by atoms with Crippen molar-refractivity contribution in [3.8, 4) is 22.8 Å².